The van der Waals surface area contributed by atoms with Gasteiger partial charge in [0.05, 0.1) is 16.2 Å². The van der Waals surface area contributed by atoms with E-state index >= 15 is 0 Å². The van der Waals surface area contributed by atoms with Crippen molar-refractivity contribution in [3.05, 3.63) is 130 Å². The molecule has 1 saturated heterocycles. The summed E-state index contributed by atoms with van der Waals surface area (Å²) in [6.45, 7) is 0. The second kappa shape index (κ2) is 11.6. The quantitative estimate of drug-likeness (QED) is 0.209. The molecule has 3 aromatic carbocycles. The van der Waals surface area contributed by atoms with Crippen LogP contribution in [0.15, 0.2) is 114 Å². The number of allylic oxidation sites excluding steroid dienone is 1. The first kappa shape index (κ1) is 28.8. The van der Waals surface area contributed by atoms with Gasteiger partial charge in [0, 0.05) is 17.7 Å². The number of imide groups is 2. The van der Waals surface area contributed by atoms with E-state index in [2.05, 4.69) is 5.32 Å². The lowest BCUT2D eigenvalue weighted by Gasteiger charge is -2.30. The second-order valence-corrected chi connectivity index (χ2v) is 9.24. The monoisotopic (exact) mass is 591 g/mol. The molecule has 0 aromatic heterocycles. The van der Waals surface area contributed by atoms with Crippen molar-refractivity contribution in [3.63, 3.8) is 0 Å². The van der Waals surface area contributed by atoms with E-state index in [9.17, 15) is 37.7 Å². The highest BCUT2D eigenvalue weighted by molar-refractivity contribution is 6.28. The van der Waals surface area contributed by atoms with Gasteiger partial charge >= 0.3 is 12.2 Å². The smallest absolute Gasteiger partial charge is 0.419 e. The molecule has 43 heavy (non-hydrogen) atoms. The minimum absolute atomic E-state index is 0.0933. The Morgan fingerprint density at radius 3 is 2.23 bits per heavy atom. The highest BCUT2D eigenvalue weighted by Crippen LogP contribution is 2.37. The number of anilines is 1. The van der Waals surface area contributed by atoms with Gasteiger partial charge in [-0.2, -0.15) is 13.2 Å². The molecule has 10 nitrogen and oxygen atoms in total. The number of nitro groups is 1. The Hall–Kier alpha value is -5.72. The lowest BCUT2D eigenvalue weighted by Crippen LogP contribution is -2.57. The summed E-state index contributed by atoms with van der Waals surface area (Å²) in [5.41, 5.74) is -1.59. The number of benzene rings is 3. The molecule has 1 fully saturated rings. The summed E-state index contributed by atoms with van der Waals surface area (Å²) >= 11 is 0. The molecule has 2 aliphatic rings. The standard InChI is InChI=1S/C30H20F3N3O7/c31-30(32,33)24-8-4-5-9-26(24)43-25-15-12-20(36(40)41)16-18(25)17-23-27(37)34-29(39)35(28(23)38)19-10-13-22(14-11-19)42-21-6-2-1-3-7-21/h1-17,23,25H,(H,34,37,39). The molecule has 3 aromatic rings. The summed E-state index contributed by atoms with van der Waals surface area (Å²) in [6, 6.07) is 18.0. The Morgan fingerprint density at radius 2 is 1.56 bits per heavy atom. The zero-order valence-electron chi connectivity index (χ0n) is 21.9. The van der Waals surface area contributed by atoms with Crippen LogP contribution in [-0.4, -0.2) is 28.9 Å². The van der Waals surface area contributed by atoms with Gasteiger partial charge in [-0.25, -0.2) is 9.69 Å². The number of barbiturate groups is 1. The summed E-state index contributed by atoms with van der Waals surface area (Å²) in [6.07, 6.45) is -1.92. The van der Waals surface area contributed by atoms with Crippen LogP contribution in [0.3, 0.4) is 0 Å². The number of alkyl halides is 3. The summed E-state index contributed by atoms with van der Waals surface area (Å²) in [7, 11) is 0. The fourth-order valence-electron chi connectivity index (χ4n) is 4.36. The molecule has 0 saturated carbocycles. The van der Waals surface area contributed by atoms with Crippen LogP contribution in [0.5, 0.6) is 17.2 Å². The van der Waals surface area contributed by atoms with Gasteiger partial charge in [0.2, 0.25) is 5.91 Å². The predicted octanol–water partition coefficient (Wildman–Crippen LogP) is 5.80. The first-order valence-electron chi connectivity index (χ1n) is 12.6. The van der Waals surface area contributed by atoms with Crippen molar-refractivity contribution in [2.45, 2.75) is 12.3 Å². The van der Waals surface area contributed by atoms with Crippen LogP contribution in [0.4, 0.5) is 23.7 Å². The van der Waals surface area contributed by atoms with Gasteiger partial charge in [-0.3, -0.25) is 25.0 Å². The van der Waals surface area contributed by atoms with E-state index in [4.69, 9.17) is 9.47 Å². The van der Waals surface area contributed by atoms with Crippen LogP contribution >= 0.6 is 0 Å². The van der Waals surface area contributed by atoms with Crippen LogP contribution in [0, 0.1) is 16.0 Å². The highest BCUT2D eigenvalue weighted by Gasteiger charge is 2.41. The third kappa shape index (κ3) is 6.30. The molecule has 0 radical (unpaired) electrons. The van der Waals surface area contributed by atoms with Crippen molar-refractivity contribution in [1.29, 1.82) is 0 Å². The van der Waals surface area contributed by atoms with E-state index in [0.29, 0.717) is 16.4 Å². The average molecular weight is 591 g/mol. The minimum atomic E-state index is -4.76. The van der Waals surface area contributed by atoms with Crippen molar-refractivity contribution in [2.24, 2.45) is 5.92 Å². The van der Waals surface area contributed by atoms with Gasteiger partial charge in [0.15, 0.2) is 0 Å². The molecule has 1 N–H and O–H groups in total. The number of ether oxygens (including phenoxy) is 2. The number of nitrogens with one attached hydrogen (secondary N) is 1. The SMILES string of the molecule is O=C1NC(=O)N(c2ccc(Oc3ccccc3)cc2)C(=O)C1C=C1C=C([N+](=O)[O-])C=CC1Oc1ccccc1C(F)(F)F. The Bertz CT molecular complexity index is 1680. The molecule has 1 heterocycles. The largest absolute Gasteiger partial charge is 0.481 e. The maximum atomic E-state index is 13.6. The van der Waals surface area contributed by atoms with Gasteiger partial charge in [-0.15, -0.1) is 0 Å². The molecule has 2 atom stereocenters. The van der Waals surface area contributed by atoms with E-state index < -0.39 is 58.0 Å². The topological polar surface area (TPSA) is 128 Å². The summed E-state index contributed by atoms with van der Waals surface area (Å²) in [5.74, 6) is -3.30. The second-order valence-electron chi connectivity index (χ2n) is 9.24. The predicted molar refractivity (Wildman–Crippen MR) is 146 cm³/mol. The maximum absolute atomic E-state index is 13.6. The lowest BCUT2D eigenvalue weighted by molar-refractivity contribution is -0.419. The number of rotatable bonds is 7. The molecule has 5 rings (SSSR count). The number of nitrogens with zero attached hydrogens (tertiary/aromatic N) is 2. The van der Waals surface area contributed by atoms with E-state index in [1.165, 1.54) is 36.4 Å². The normalized spacial score (nSPS) is 19.6. The molecule has 1 aliphatic carbocycles. The molecular formula is C30H20F3N3O7. The zero-order valence-corrected chi connectivity index (χ0v) is 21.9. The highest BCUT2D eigenvalue weighted by atomic mass is 19.4. The van der Waals surface area contributed by atoms with Crippen LogP contribution in [0.1, 0.15) is 5.56 Å². The zero-order chi connectivity index (χ0) is 30.7. The van der Waals surface area contributed by atoms with Crippen LogP contribution in [0.25, 0.3) is 0 Å². The number of carbonyl (C=O) groups excluding carboxylic acids is 3. The number of amides is 4. The van der Waals surface area contributed by atoms with Crippen LogP contribution in [0.2, 0.25) is 0 Å². The number of urea groups is 1. The number of para-hydroxylation sites is 2. The molecule has 4 amide bonds. The van der Waals surface area contributed by atoms with Crippen molar-refractivity contribution in [3.8, 4) is 17.2 Å². The van der Waals surface area contributed by atoms with Crippen molar-refractivity contribution in [1.82, 2.24) is 5.32 Å². The third-order valence-corrected chi connectivity index (χ3v) is 6.38. The van der Waals surface area contributed by atoms with E-state index in [-0.39, 0.29) is 11.3 Å². The van der Waals surface area contributed by atoms with E-state index in [1.54, 1.807) is 24.3 Å². The van der Waals surface area contributed by atoms with Crippen LogP contribution < -0.4 is 19.7 Å². The summed E-state index contributed by atoms with van der Waals surface area (Å²) < 4.78 is 52.0. The molecular weight excluding hydrogens is 571 g/mol. The molecule has 0 bridgehead atoms. The van der Waals surface area contributed by atoms with Crippen molar-refractivity contribution in [2.75, 3.05) is 4.90 Å². The number of hydrogen-bond acceptors (Lipinski definition) is 7. The molecule has 0 spiro atoms. The van der Waals surface area contributed by atoms with Gasteiger partial charge in [0.25, 0.3) is 11.6 Å². The first-order valence-corrected chi connectivity index (χ1v) is 12.6. The fourth-order valence-corrected chi connectivity index (χ4v) is 4.36. The average Bonchev–Trinajstić information content (AvgIpc) is 2.97. The van der Waals surface area contributed by atoms with Crippen molar-refractivity contribution >= 4 is 23.5 Å². The first-order chi connectivity index (χ1) is 20.5. The van der Waals surface area contributed by atoms with E-state index in [1.807, 2.05) is 6.07 Å². The van der Waals surface area contributed by atoms with Gasteiger partial charge in [-0.1, -0.05) is 36.4 Å². The molecule has 2 unspecified atom stereocenters. The summed E-state index contributed by atoms with van der Waals surface area (Å²) in [4.78, 5) is 50.4. The molecule has 218 valence electrons. The fraction of sp³-hybridized carbons (Fsp3) is 0.100. The lowest BCUT2D eigenvalue weighted by atomic mass is 9.94. The summed E-state index contributed by atoms with van der Waals surface area (Å²) in [5, 5.41) is 13.5. The van der Waals surface area contributed by atoms with Gasteiger partial charge in [-0.05, 0) is 54.6 Å². The van der Waals surface area contributed by atoms with Gasteiger partial charge in [0.1, 0.15) is 29.3 Å². The molecule has 13 heteroatoms. The Balaban J connectivity index is 1.45. The van der Waals surface area contributed by atoms with E-state index in [0.717, 1.165) is 36.4 Å². The number of halogens is 3. The Kier molecular flexibility index (Phi) is 7.80. The van der Waals surface area contributed by atoms with Crippen molar-refractivity contribution < 1.29 is 42.0 Å². The number of carbonyl (C=O) groups is 3. The Labute approximate surface area is 241 Å². The van der Waals surface area contributed by atoms with Gasteiger partial charge < -0.3 is 9.47 Å². The molecule has 1 aliphatic heterocycles. The third-order valence-electron chi connectivity index (χ3n) is 6.38. The number of hydrogen-bond donors (Lipinski definition) is 1. The van der Waals surface area contributed by atoms with Crippen LogP contribution in [-0.2, 0) is 15.8 Å². The maximum Gasteiger partial charge on any atom is 0.419 e. The minimum Gasteiger partial charge on any atom is -0.481 e. The Morgan fingerprint density at radius 1 is 0.907 bits per heavy atom.